The molecule has 0 unspecified atom stereocenters. The second-order valence-electron chi connectivity index (χ2n) is 5.97. The number of piperazine rings is 1. The van der Waals surface area contributed by atoms with Gasteiger partial charge >= 0.3 is 0 Å². The van der Waals surface area contributed by atoms with Crippen LogP contribution < -0.4 is 5.32 Å². The molecule has 0 radical (unpaired) electrons. The Bertz CT molecular complexity index is 526. The molecule has 5 nitrogen and oxygen atoms in total. The van der Waals surface area contributed by atoms with Crippen LogP contribution in [0.1, 0.15) is 23.1 Å². The van der Waals surface area contributed by atoms with Crippen molar-refractivity contribution in [3.05, 3.63) is 28.8 Å². The van der Waals surface area contributed by atoms with Gasteiger partial charge in [-0.1, -0.05) is 17.7 Å². The van der Waals surface area contributed by atoms with Crippen LogP contribution in [0, 0.1) is 20.8 Å². The van der Waals surface area contributed by atoms with Crippen LogP contribution >= 0.6 is 0 Å². The van der Waals surface area contributed by atoms with E-state index in [1.54, 1.807) is 4.90 Å². The molecular formula is C17H25N3O2. The highest BCUT2D eigenvalue weighted by Crippen LogP contribution is 2.21. The van der Waals surface area contributed by atoms with Gasteiger partial charge in [-0.25, -0.2) is 0 Å². The molecule has 1 aromatic rings. The summed E-state index contributed by atoms with van der Waals surface area (Å²) in [5.74, 6) is 0.153. The Morgan fingerprint density at radius 1 is 1.14 bits per heavy atom. The molecule has 5 heteroatoms. The third-order valence-corrected chi connectivity index (χ3v) is 4.13. The van der Waals surface area contributed by atoms with Crippen LogP contribution in [-0.4, -0.2) is 54.8 Å². The van der Waals surface area contributed by atoms with Gasteiger partial charge in [0.2, 0.25) is 12.3 Å². The fraction of sp³-hybridized carbons (Fsp3) is 0.529. The number of aryl methyl sites for hydroxylation is 3. The zero-order valence-electron chi connectivity index (χ0n) is 13.7. The van der Waals surface area contributed by atoms with Gasteiger partial charge in [0.15, 0.2) is 0 Å². The molecule has 0 aliphatic carbocycles. The van der Waals surface area contributed by atoms with E-state index in [0.717, 1.165) is 12.1 Å². The Hall–Kier alpha value is -2.04. The zero-order chi connectivity index (χ0) is 16.1. The van der Waals surface area contributed by atoms with E-state index >= 15 is 0 Å². The third kappa shape index (κ3) is 4.00. The maximum absolute atomic E-state index is 12.2. The molecule has 0 aromatic heterocycles. The first kappa shape index (κ1) is 16.3. The maximum atomic E-state index is 12.2. The van der Waals surface area contributed by atoms with E-state index < -0.39 is 0 Å². The van der Waals surface area contributed by atoms with E-state index in [-0.39, 0.29) is 5.91 Å². The average Bonchev–Trinajstić information content (AvgIpc) is 2.49. The fourth-order valence-electron chi connectivity index (χ4n) is 2.99. The van der Waals surface area contributed by atoms with Gasteiger partial charge in [0.25, 0.3) is 0 Å². The van der Waals surface area contributed by atoms with Gasteiger partial charge in [-0.05, 0) is 31.9 Å². The van der Waals surface area contributed by atoms with Crippen LogP contribution in [0.3, 0.4) is 0 Å². The standard InChI is InChI=1S/C17H25N3O2/c1-13-10-14(2)17(15(3)11-13)18-5-4-16(22)20-8-6-19(12-21)7-9-20/h10-12,18H,4-9H2,1-3H3. The number of rotatable bonds is 5. The van der Waals surface area contributed by atoms with Gasteiger partial charge in [-0.3, -0.25) is 9.59 Å². The lowest BCUT2D eigenvalue weighted by Crippen LogP contribution is -2.48. The van der Waals surface area contributed by atoms with Gasteiger partial charge in [0.1, 0.15) is 0 Å². The first-order valence-corrected chi connectivity index (χ1v) is 7.80. The summed E-state index contributed by atoms with van der Waals surface area (Å²) in [5.41, 5.74) is 4.81. The van der Waals surface area contributed by atoms with E-state index in [1.807, 2.05) is 4.90 Å². The molecule has 120 valence electrons. The number of benzene rings is 1. The van der Waals surface area contributed by atoms with Crippen LogP contribution in [0.5, 0.6) is 0 Å². The molecule has 1 aromatic carbocycles. The Morgan fingerprint density at radius 2 is 1.73 bits per heavy atom. The summed E-state index contributed by atoms with van der Waals surface area (Å²) < 4.78 is 0. The lowest BCUT2D eigenvalue weighted by atomic mass is 10.1. The molecular weight excluding hydrogens is 278 g/mol. The molecule has 2 rings (SSSR count). The van der Waals surface area contributed by atoms with Gasteiger partial charge in [-0.15, -0.1) is 0 Å². The topological polar surface area (TPSA) is 52.7 Å². The molecule has 1 aliphatic rings. The SMILES string of the molecule is Cc1cc(C)c(NCCC(=O)N2CCN(C=O)CC2)c(C)c1. The monoisotopic (exact) mass is 303 g/mol. The number of nitrogens with zero attached hydrogens (tertiary/aromatic N) is 2. The van der Waals surface area contributed by atoms with Crippen molar-refractivity contribution in [2.45, 2.75) is 27.2 Å². The van der Waals surface area contributed by atoms with Crippen molar-refractivity contribution in [2.24, 2.45) is 0 Å². The van der Waals surface area contributed by atoms with Gasteiger partial charge < -0.3 is 15.1 Å². The fourth-order valence-corrected chi connectivity index (χ4v) is 2.99. The van der Waals surface area contributed by atoms with E-state index in [4.69, 9.17) is 0 Å². The summed E-state index contributed by atoms with van der Waals surface area (Å²) in [4.78, 5) is 26.4. The second-order valence-corrected chi connectivity index (χ2v) is 5.97. The Balaban J connectivity index is 1.82. The molecule has 0 saturated carbocycles. The van der Waals surface area contributed by atoms with Crippen molar-refractivity contribution in [1.82, 2.24) is 9.80 Å². The molecule has 1 saturated heterocycles. The number of nitrogens with one attached hydrogen (secondary N) is 1. The summed E-state index contributed by atoms with van der Waals surface area (Å²) in [6.45, 7) is 9.45. The van der Waals surface area contributed by atoms with Crippen molar-refractivity contribution in [3.63, 3.8) is 0 Å². The molecule has 1 heterocycles. The Labute approximate surface area is 132 Å². The molecule has 22 heavy (non-hydrogen) atoms. The zero-order valence-corrected chi connectivity index (χ0v) is 13.7. The number of hydrogen-bond donors (Lipinski definition) is 1. The Morgan fingerprint density at radius 3 is 2.27 bits per heavy atom. The average molecular weight is 303 g/mol. The normalized spacial score (nSPS) is 14.9. The minimum atomic E-state index is 0.153. The number of amides is 2. The first-order chi connectivity index (χ1) is 10.5. The minimum Gasteiger partial charge on any atom is -0.384 e. The van der Waals surface area contributed by atoms with Crippen molar-refractivity contribution < 1.29 is 9.59 Å². The first-order valence-electron chi connectivity index (χ1n) is 7.80. The van der Waals surface area contributed by atoms with Crippen LogP contribution in [0.4, 0.5) is 5.69 Å². The van der Waals surface area contributed by atoms with Crippen molar-refractivity contribution in [3.8, 4) is 0 Å². The second kappa shape index (κ2) is 7.29. The summed E-state index contributed by atoms with van der Waals surface area (Å²) >= 11 is 0. The maximum Gasteiger partial charge on any atom is 0.224 e. The quantitative estimate of drug-likeness (QED) is 0.843. The lowest BCUT2D eigenvalue weighted by Gasteiger charge is -2.32. The molecule has 1 fully saturated rings. The molecule has 0 bridgehead atoms. The smallest absolute Gasteiger partial charge is 0.224 e. The molecule has 0 atom stereocenters. The van der Waals surface area contributed by atoms with Crippen molar-refractivity contribution in [1.29, 1.82) is 0 Å². The van der Waals surface area contributed by atoms with Crippen molar-refractivity contribution in [2.75, 3.05) is 38.0 Å². The minimum absolute atomic E-state index is 0.153. The summed E-state index contributed by atoms with van der Waals surface area (Å²) in [7, 11) is 0. The number of carbonyl (C=O) groups is 2. The van der Waals surface area contributed by atoms with Gasteiger partial charge in [0.05, 0.1) is 0 Å². The lowest BCUT2D eigenvalue weighted by molar-refractivity contribution is -0.134. The van der Waals surface area contributed by atoms with Crippen LogP contribution in [0.15, 0.2) is 12.1 Å². The Kier molecular flexibility index (Phi) is 5.41. The summed E-state index contributed by atoms with van der Waals surface area (Å²) in [6, 6.07) is 4.30. The number of hydrogen-bond acceptors (Lipinski definition) is 3. The van der Waals surface area contributed by atoms with E-state index in [9.17, 15) is 9.59 Å². The van der Waals surface area contributed by atoms with Crippen LogP contribution in [-0.2, 0) is 9.59 Å². The highest BCUT2D eigenvalue weighted by atomic mass is 16.2. The molecule has 1 aliphatic heterocycles. The molecule has 0 spiro atoms. The van der Waals surface area contributed by atoms with E-state index in [2.05, 4.69) is 38.2 Å². The van der Waals surface area contributed by atoms with Crippen LogP contribution in [0.25, 0.3) is 0 Å². The summed E-state index contributed by atoms with van der Waals surface area (Å²) in [5, 5.41) is 3.38. The highest BCUT2D eigenvalue weighted by molar-refractivity contribution is 5.77. The number of anilines is 1. The predicted molar refractivity (Wildman–Crippen MR) is 88.0 cm³/mol. The largest absolute Gasteiger partial charge is 0.384 e. The van der Waals surface area contributed by atoms with E-state index in [0.29, 0.717) is 39.1 Å². The van der Waals surface area contributed by atoms with E-state index in [1.165, 1.54) is 16.7 Å². The van der Waals surface area contributed by atoms with Crippen molar-refractivity contribution >= 4 is 18.0 Å². The highest BCUT2D eigenvalue weighted by Gasteiger charge is 2.19. The molecule has 2 amide bonds. The van der Waals surface area contributed by atoms with Gasteiger partial charge in [0, 0.05) is 44.8 Å². The summed E-state index contributed by atoms with van der Waals surface area (Å²) in [6.07, 6.45) is 1.33. The number of carbonyl (C=O) groups excluding carboxylic acids is 2. The predicted octanol–water partition coefficient (Wildman–Crippen LogP) is 1.71. The third-order valence-electron chi connectivity index (χ3n) is 4.13. The van der Waals surface area contributed by atoms with Gasteiger partial charge in [-0.2, -0.15) is 0 Å². The molecule has 1 N–H and O–H groups in total. The van der Waals surface area contributed by atoms with Crippen LogP contribution in [0.2, 0.25) is 0 Å².